The second-order valence-corrected chi connectivity index (χ2v) is 7.12. The molecule has 0 aromatic heterocycles. The summed E-state index contributed by atoms with van der Waals surface area (Å²) < 4.78 is 0. The molecule has 3 nitrogen and oxygen atoms in total. The number of fused-ring (bicyclic) bond motifs is 2. The molecule has 1 fully saturated rings. The third kappa shape index (κ3) is 2.04. The number of carboxylic acids is 1. The standard InChI is InChI=1S/C13H15NO2S2/c15-12(16)10-5-7-18-13(14-10)6-8-17-11-4-2-1-3-9(11)13/h1-4,10,14H,5-8H2,(H,15,16). The van der Waals surface area contributed by atoms with Crippen LogP contribution in [0.1, 0.15) is 18.4 Å². The SMILES string of the molecule is O=C(O)C1CCSC2(CCSc3ccccc32)N1. The van der Waals surface area contributed by atoms with Crippen molar-refractivity contribution in [3.8, 4) is 0 Å². The molecule has 1 saturated heterocycles. The molecule has 0 amide bonds. The van der Waals surface area contributed by atoms with Crippen molar-refractivity contribution in [2.24, 2.45) is 0 Å². The third-order valence-corrected chi connectivity index (χ3v) is 6.04. The fraction of sp³-hybridized carbons (Fsp3) is 0.462. The fourth-order valence-electron chi connectivity index (χ4n) is 2.60. The Kier molecular flexibility index (Phi) is 3.30. The van der Waals surface area contributed by atoms with E-state index in [2.05, 4.69) is 17.4 Å². The van der Waals surface area contributed by atoms with E-state index in [1.54, 1.807) is 0 Å². The summed E-state index contributed by atoms with van der Waals surface area (Å²) in [5, 5.41) is 12.6. The van der Waals surface area contributed by atoms with Crippen molar-refractivity contribution in [2.45, 2.75) is 28.6 Å². The summed E-state index contributed by atoms with van der Waals surface area (Å²) >= 11 is 3.73. The predicted molar refractivity (Wildman–Crippen MR) is 75.1 cm³/mol. The van der Waals surface area contributed by atoms with Gasteiger partial charge in [-0.3, -0.25) is 10.1 Å². The minimum absolute atomic E-state index is 0.191. The molecule has 2 unspecified atom stereocenters. The molecule has 0 saturated carbocycles. The predicted octanol–water partition coefficient (Wildman–Crippen LogP) is 2.51. The van der Waals surface area contributed by atoms with Gasteiger partial charge in [0.2, 0.25) is 0 Å². The number of carboxylic acid groups (broad SMARTS) is 1. The van der Waals surface area contributed by atoms with E-state index in [1.807, 2.05) is 35.7 Å². The van der Waals surface area contributed by atoms with Gasteiger partial charge in [-0.1, -0.05) is 18.2 Å². The topological polar surface area (TPSA) is 49.3 Å². The lowest BCUT2D eigenvalue weighted by molar-refractivity contribution is -0.140. The van der Waals surface area contributed by atoms with Crippen molar-refractivity contribution in [3.05, 3.63) is 29.8 Å². The Morgan fingerprint density at radius 3 is 3.06 bits per heavy atom. The number of benzene rings is 1. The molecule has 2 aliphatic rings. The van der Waals surface area contributed by atoms with Gasteiger partial charge in [0.25, 0.3) is 0 Å². The minimum Gasteiger partial charge on any atom is -0.480 e. The highest BCUT2D eigenvalue weighted by Crippen LogP contribution is 2.49. The Bertz CT molecular complexity index is 480. The van der Waals surface area contributed by atoms with Crippen LogP contribution < -0.4 is 5.32 Å². The van der Waals surface area contributed by atoms with Crippen LogP contribution in [-0.4, -0.2) is 28.6 Å². The van der Waals surface area contributed by atoms with Crippen LogP contribution in [0.5, 0.6) is 0 Å². The summed E-state index contributed by atoms with van der Waals surface area (Å²) in [6.45, 7) is 0. The van der Waals surface area contributed by atoms with Gasteiger partial charge in [0, 0.05) is 10.6 Å². The van der Waals surface area contributed by atoms with Crippen LogP contribution >= 0.6 is 23.5 Å². The van der Waals surface area contributed by atoms with Gasteiger partial charge in [0.15, 0.2) is 0 Å². The first-order valence-corrected chi connectivity index (χ1v) is 8.05. The summed E-state index contributed by atoms with van der Waals surface area (Å²) in [4.78, 5) is 12.3. The summed E-state index contributed by atoms with van der Waals surface area (Å²) in [5.41, 5.74) is 1.26. The first-order valence-electron chi connectivity index (χ1n) is 6.08. The van der Waals surface area contributed by atoms with E-state index in [9.17, 15) is 9.90 Å². The minimum atomic E-state index is -0.731. The zero-order chi connectivity index (χ0) is 12.6. The average Bonchev–Trinajstić information content (AvgIpc) is 2.39. The highest BCUT2D eigenvalue weighted by atomic mass is 32.2. The zero-order valence-electron chi connectivity index (χ0n) is 9.89. The van der Waals surface area contributed by atoms with Gasteiger partial charge >= 0.3 is 5.97 Å². The van der Waals surface area contributed by atoms with E-state index in [4.69, 9.17) is 0 Å². The molecule has 0 aliphatic carbocycles. The van der Waals surface area contributed by atoms with Crippen molar-refractivity contribution < 1.29 is 9.90 Å². The summed E-state index contributed by atoms with van der Waals surface area (Å²) in [6, 6.07) is 7.94. The van der Waals surface area contributed by atoms with Crippen molar-refractivity contribution in [1.29, 1.82) is 0 Å². The van der Waals surface area contributed by atoms with E-state index < -0.39 is 12.0 Å². The van der Waals surface area contributed by atoms with E-state index in [0.717, 1.165) is 17.9 Å². The van der Waals surface area contributed by atoms with Crippen LogP contribution in [-0.2, 0) is 9.67 Å². The molecule has 96 valence electrons. The van der Waals surface area contributed by atoms with Crippen LogP contribution in [0.15, 0.2) is 29.2 Å². The lowest BCUT2D eigenvalue weighted by atomic mass is 10.0. The number of nitrogens with one attached hydrogen (secondary N) is 1. The first-order chi connectivity index (χ1) is 8.71. The molecule has 2 atom stereocenters. The first kappa shape index (κ1) is 12.4. The van der Waals surface area contributed by atoms with Crippen molar-refractivity contribution >= 4 is 29.5 Å². The van der Waals surface area contributed by atoms with Gasteiger partial charge in [-0.05, 0) is 30.2 Å². The second kappa shape index (κ2) is 4.79. The average molecular weight is 281 g/mol. The van der Waals surface area contributed by atoms with Crippen LogP contribution in [0.4, 0.5) is 0 Å². The van der Waals surface area contributed by atoms with Crippen LogP contribution in [0, 0.1) is 0 Å². The molecule has 3 rings (SSSR count). The second-order valence-electron chi connectivity index (χ2n) is 4.59. The quantitative estimate of drug-likeness (QED) is 0.828. The Balaban J connectivity index is 1.98. The lowest BCUT2D eigenvalue weighted by Gasteiger charge is -2.44. The number of hydrogen-bond acceptors (Lipinski definition) is 4. The molecule has 0 bridgehead atoms. The Morgan fingerprint density at radius 1 is 1.39 bits per heavy atom. The molecular formula is C13H15NO2S2. The molecule has 5 heteroatoms. The molecule has 2 aliphatic heterocycles. The molecule has 1 spiro atoms. The Labute approximate surface area is 115 Å². The number of hydrogen-bond donors (Lipinski definition) is 2. The number of rotatable bonds is 1. The van der Waals surface area contributed by atoms with Crippen molar-refractivity contribution in [2.75, 3.05) is 11.5 Å². The van der Waals surface area contributed by atoms with Crippen LogP contribution in [0.3, 0.4) is 0 Å². The fourth-order valence-corrected chi connectivity index (χ4v) is 5.50. The molecule has 2 heterocycles. The van der Waals surface area contributed by atoms with E-state index in [0.29, 0.717) is 6.42 Å². The third-order valence-electron chi connectivity index (χ3n) is 3.49. The maximum absolute atomic E-state index is 11.2. The molecule has 2 N–H and O–H groups in total. The highest BCUT2D eigenvalue weighted by Gasteiger charge is 2.43. The number of thioether (sulfide) groups is 2. The van der Waals surface area contributed by atoms with Gasteiger partial charge in [0.1, 0.15) is 6.04 Å². The van der Waals surface area contributed by atoms with Gasteiger partial charge in [-0.15, -0.1) is 23.5 Å². The maximum atomic E-state index is 11.2. The van der Waals surface area contributed by atoms with Gasteiger partial charge in [0.05, 0.1) is 4.87 Å². The summed E-state index contributed by atoms with van der Waals surface area (Å²) in [7, 11) is 0. The van der Waals surface area contributed by atoms with E-state index >= 15 is 0 Å². The monoisotopic (exact) mass is 281 g/mol. The summed E-state index contributed by atoms with van der Waals surface area (Å²) in [6.07, 6.45) is 1.69. The Morgan fingerprint density at radius 2 is 2.22 bits per heavy atom. The maximum Gasteiger partial charge on any atom is 0.320 e. The Hall–Kier alpha value is -0.650. The number of carbonyl (C=O) groups is 1. The lowest BCUT2D eigenvalue weighted by Crippen LogP contribution is -2.53. The van der Waals surface area contributed by atoms with Gasteiger partial charge in [-0.2, -0.15) is 0 Å². The van der Waals surface area contributed by atoms with Crippen molar-refractivity contribution in [3.63, 3.8) is 0 Å². The van der Waals surface area contributed by atoms with Crippen LogP contribution in [0.2, 0.25) is 0 Å². The highest BCUT2D eigenvalue weighted by molar-refractivity contribution is 8.01. The van der Waals surface area contributed by atoms with Gasteiger partial charge in [-0.25, -0.2) is 0 Å². The molecule has 0 radical (unpaired) electrons. The van der Waals surface area contributed by atoms with E-state index in [1.165, 1.54) is 10.5 Å². The number of aliphatic carboxylic acids is 1. The normalized spacial score (nSPS) is 31.0. The van der Waals surface area contributed by atoms with Gasteiger partial charge < -0.3 is 5.11 Å². The summed E-state index contributed by atoms with van der Waals surface area (Å²) in [5.74, 6) is 1.22. The largest absolute Gasteiger partial charge is 0.480 e. The molecule has 1 aromatic carbocycles. The molecular weight excluding hydrogens is 266 g/mol. The molecule has 18 heavy (non-hydrogen) atoms. The van der Waals surface area contributed by atoms with Crippen LogP contribution in [0.25, 0.3) is 0 Å². The smallest absolute Gasteiger partial charge is 0.320 e. The van der Waals surface area contributed by atoms with E-state index in [-0.39, 0.29) is 4.87 Å². The zero-order valence-corrected chi connectivity index (χ0v) is 11.5. The molecule has 1 aromatic rings. The van der Waals surface area contributed by atoms with Crippen molar-refractivity contribution in [1.82, 2.24) is 5.32 Å².